The Balaban J connectivity index is 2.11. The van der Waals surface area contributed by atoms with Crippen LogP contribution in [0.15, 0.2) is 42.7 Å². The second-order valence-electron chi connectivity index (χ2n) is 3.99. The zero-order valence-corrected chi connectivity index (χ0v) is 9.89. The quantitative estimate of drug-likeness (QED) is 0.897. The number of pyridine rings is 1. The first-order valence-electron chi connectivity index (χ1n) is 5.56. The number of nitrogens with one attached hydrogen (secondary N) is 1. The van der Waals surface area contributed by atoms with Gasteiger partial charge in [-0.05, 0) is 42.8 Å². The highest BCUT2D eigenvalue weighted by Gasteiger charge is 2.06. The largest absolute Gasteiger partial charge is 0.378 e. The number of hydrogen-bond acceptors (Lipinski definition) is 3. The van der Waals surface area contributed by atoms with E-state index in [4.69, 9.17) is 5.26 Å². The predicted octanol–water partition coefficient (Wildman–Crippen LogP) is 3.27. The van der Waals surface area contributed by atoms with Gasteiger partial charge >= 0.3 is 0 Å². The summed E-state index contributed by atoms with van der Waals surface area (Å²) < 4.78 is 13.0. The van der Waals surface area contributed by atoms with Crippen LogP contribution in [0.25, 0.3) is 0 Å². The van der Waals surface area contributed by atoms with Crippen LogP contribution < -0.4 is 5.32 Å². The van der Waals surface area contributed by atoms with E-state index in [0.29, 0.717) is 5.56 Å². The summed E-state index contributed by atoms with van der Waals surface area (Å²) in [5.41, 5.74) is 2.27. The zero-order valence-electron chi connectivity index (χ0n) is 9.89. The molecule has 3 nitrogen and oxygen atoms in total. The fourth-order valence-electron chi connectivity index (χ4n) is 1.64. The molecule has 0 saturated heterocycles. The Morgan fingerprint density at radius 2 is 2.00 bits per heavy atom. The minimum Gasteiger partial charge on any atom is -0.378 e. The van der Waals surface area contributed by atoms with Crippen LogP contribution >= 0.6 is 0 Å². The lowest BCUT2D eigenvalue weighted by atomic mass is 10.1. The van der Waals surface area contributed by atoms with Crippen LogP contribution in [0, 0.1) is 17.1 Å². The molecule has 4 heteroatoms. The highest BCUT2D eigenvalue weighted by Crippen LogP contribution is 2.19. The second kappa shape index (κ2) is 5.28. The SMILES string of the molecule is CC(Nc1ccc(C#N)cc1)c1cncc(F)c1. The van der Waals surface area contributed by atoms with Crippen LogP contribution in [0.1, 0.15) is 24.1 Å². The normalized spacial score (nSPS) is 11.6. The Labute approximate surface area is 105 Å². The highest BCUT2D eigenvalue weighted by atomic mass is 19.1. The maximum atomic E-state index is 13.0. The Hall–Kier alpha value is -2.41. The third kappa shape index (κ3) is 2.83. The van der Waals surface area contributed by atoms with Gasteiger partial charge in [0.15, 0.2) is 0 Å². The fourth-order valence-corrected chi connectivity index (χ4v) is 1.64. The van der Waals surface area contributed by atoms with E-state index in [2.05, 4.69) is 16.4 Å². The van der Waals surface area contributed by atoms with Crippen molar-refractivity contribution in [2.24, 2.45) is 0 Å². The fraction of sp³-hybridized carbons (Fsp3) is 0.143. The van der Waals surface area contributed by atoms with Gasteiger partial charge in [-0.1, -0.05) is 0 Å². The first-order valence-corrected chi connectivity index (χ1v) is 5.56. The maximum Gasteiger partial charge on any atom is 0.141 e. The Bertz CT molecular complexity index is 572. The third-order valence-electron chi connectivity index (χ3n) is 2.62. The number of anilines is 1. The van der Waals surface area contributed by atoms with Crippen molar-refractivity contribution in [3.8, 4) is 6.07 Å². The van der Waals surface area contributed by atoms with Crippen molar-refractivity contribution in [3.63, 3.8) is 0 Å². The first kappa shape index (κ1) is 12.1. The van der Waals surface area contributed by atoms with Gasteiger partial charge in [0.1, 0.15) is 5.82 Å². The van der Waals surface area contributed by atoms with E-state index in [9.17, 15) is 4.39 Å². The Morgan fingerprint density at radius 3 is 2.61 bits per heavy atom. The summed E-state index contributed by atoms with van der Waals surface area (Å²) in [4.78, 5) is 3.82. The summed E-state index contributed by atoms with van der Waals surface area (Å²) >= 11 is 0. The molecule has 0 aliphatic carbocycles. The van der Waals surface area contributed by atoms with Crippen LogP contribution in [0.4, 0.5) is 10.1 Å². The molecule has 0 saturated carbocycles. The molecule has 0 fully saturated rings. The van der Waals surface area contributed by atoms with Gasteiger partial charge in [0.05, 0.1) is 23.9 Å². The van der Waals surface area contributed by atoms with Crippen molar-refractivity contribution in [1.82, 2.24) is 4.98 Å². The van der Waals surface area contributed by atoms with Crippen LogP contribution in [0.3, 0.4) is 0 Å². The van der Waals surface area contributed by atoms with E-state index in [1.54, 1.807) is 18.3 Å². The van der Waals surface area contributed by atoms with Crippen molar-refractivity contribution in [3.05, 3.63) is 59.7 Å². The molecule has 0 aliphatic heterocycles. The van der Waals surface area contributed by atoms with E-state index < -0.39 is 0 Å². The molecule has 1 N–H and O–H groups in total. The minimum atomic E-state index is -0.346. The molecule has 90 valence electrons. The third-order valence-corrected chi connectivity index (χ3v) is 2.62. The predicted molar refractivity (Wildman–Crippen MR) is 67.4 cm³/mol. The maximum absolute atomic E-state index is 13.0. The van der Waals surface area contributed by atoms with Gasteiger partial charge in [-0.3, -0.25) is 4.98 Å². The highest BCUT2D eigenvalue weighted by molar-refractivity contribution is 5.48. The molecule has 1 unspecified atom stereocenters. The Kier molecular flexibility index (Phi) is 3.54. The van der Waals surface area contributed by atoms with Crippen molar-refractivity contribution < 1.29 is 4.39 Å². The van der Waals surface area contributed by atoms with Crippen LogP contribution in [0.5, 0.6) is 0 Å². The van der Waals surface area contributed by atoms with Crippen LogP contribution in [-0.2, 0) is 0 Å². The summed E-state index contributed by atoms with van der Waals surface area (Å²) in [6.07, 6.45) is 2.81. The number of rotatable bonds is 3. The molecule has 1 atom stereocenters. The van der Waals surface area contributed by atoms with Gasteiger partial charge < -0.3 is 5.32 Å². The smallest absolute Gasteiger partial charge is 0.141 e. The average Bonchev–Trinajstić information content (AvgIpc) is 2.39. The number of benzene rings is 1. The van der Waals surface area contributed by atoms with Crippen molar-refractivity contribution in [2.45, 2.75) is 13.0 Å². The molecule has 0 bridgehead atoms. The minimum absolute atomic E-state index is 0.0545. The first-order chi connectivity index (χ1) is 8.69. The summed E-state index contributed by atoms with van der Waals surface area (Å²) in [5.74, 6) is -0.346. The van der Waals surface area contributed by atoms with E-state index in [0.717, 1.165) is 11.3 Å². The van der Waals surface area contributed by atoms with Crippen LogP contribution in [0.2, 0.25) is 0 Å². The molecule has 0 amide bonds. The van der Waals surface area contributed by atoms with Gasteiger partial charge in [-0.25, -0.2) is 4.39 Å². The molecule has 1 heterocycles. The van der Waals surface area contributed by atoms with Gasteiger partial charge in [0.25, 0.3) is 0 Å². The standard InChI is InChI=1S/C14H12FN3/c1-10(12-6-13(15)9-17-8-12)18-14-4-2-11(7-16)3-5-14/h2-6,8-10,18H,1H3. The zero-order chi connectivity index (χ0) is 13.0. The van der Waals surface area contributed by atoms with E-state index in [1.807, 2.05) is 19.1 Å². The Morgan fingerprint density at radius 1 is 1.28 bits per heavy atom. The lowest BCUT2D eigenvalue weighted by Gasteiger charge is -2.15. The van der Waals surface area contributed by atoms with E-state index >= 15 is 0 Å². The number of nitrogens with zero attached hydrogens (tertiary/aromatic N) is 2. The molecule has 1 aromatic heterocycles. The molecule has 2 aromatic rings. The molecule has 2 rings (SSSR count). The summed E-state index contributed by atoms with van der Waals surface area (Å²) in [7, 11) is 0. The molecular weight excluding hydrogens is 229 g/mol. The number of hydrogen-bond donors (Lipinski definition) is 1. The molecule has 0 spiro atoms. The lowest BCUT2D eigenvalue weighted by Crippen LogP contribution is -2.07. The summed E-state index contributed by atoms with van der Waals surface area (Å²) in [5, 5.41) is 11.9. The van der Waals surface area contributed by atoms with Gasteiger partial charge in [-0.15, -0.1) is 0 Å². The number of aromatic nitrogens is 1. The van der Waals surface area contributed by atoms with Gasteiger partial charge in [0.2, 0.25) is 0 Å². The summed E-state index contributed by atoms with van der Waals surface area (Å²) in [6, 6.07) is 10.6. The van der Waals surface area contributed by atoms with Gasteiger partial charge in [0, 0.05) is 11.9 Å². The molecule has 18 heavy (non-hydrogen) atoms. The van der Waals surface area contributed by atoms with Crippen LogP contribution in [-0.4, -0.2) is 4.98 Å². The molecule has 0 aliphatic rings. The topological polar surface area (TPSA) is 48.7 Å². The number of halogens is 1. The molecule has 1 aromatic carbocycles. The molecular formula is C14H12FN3. The average molecular weight is 241 g/mol. The number of nitriles is 1. The van der Waals surface area contributed by atoms with Gasteiger partial charge in [-0.2, -0.15) is 5.26 Å². The summed E-state index contributed by atoms with van der Waals surface area (Å²) in [6.45, 7) is 1.93. The van der Waals surface area contributed by atoms with Crippen molar-refractivity contribution >= 4 is 5.69 Å². The molecule has 0 radical (unpaired) electrons. The lowest BCUT2D eigenvalue weighted by molar-refractivity contribution is 0.616. The van der Waals surface area contributed by atoms with Crippen molar-refractivity contribution in [2.75, 3.05) is 5.32 Å². The van der Waals surface area contributed by atoms with E-state index in [1.165, 1.54) is 12.3 Å². The second-order valence-corrected chi connectivity index (χ2v) is 3.99. The van der Waals surface area contributed by atoms with Crippen molar-refractivity contribution in [1.29, 1.82) is 5.26 Å². The van der Waals surface area contributed by atoms with E-state index in [-0.39, 0.29) is 11.9 Å². The monoisotopic (exact) mass is 241 g/mol.